The highest BCUT2D eigenvalue weighted by molar-refractivity contribution is 5.50. The summed E-state index contributed by atoms with van der Waals surface area (Å²) in [5.74, 6) is 0. The third kappa shape index (κ3) is 3.07. The first-order valence-electron chi connectivity index (χ1n) is 8.11. The standard InChI is InChI=1S/C19H30N2/c1-7-8-18(21-11-9-20-10-12-21)19-16(5)14(3)13(2)15(4)17(19)6/h7,18,20H,1,8-12H2,2-6H3/t18-/m0/s1. The summed E-state index contributed by atoms with van der Waals surface area (Å²) in [4.78, 5) is 2.63. The van der Waals surface area contributed by atoms with Crippen LogP contribution in [-0.2, 0) is 0 Å². The zero-order valence-electron chi connectivity index (χ0n) is 14.3. The second-order valence-corrected chi connectivity index (χ2v) is 6.36. The number of hydrogen-bond acceptors (Lipinski definition) is 2. The lowest BCUT2D eigenvalue weighted by atomic mass is 9.84. The van der Waals surface area contributed by atoms with Crippen LogP contribution >= 0.6 is 0 Å². The van der Waals surface area contributed by atoms with Crippen LogP contribution in [0.3, 0.4) is 0 Å². The Kier molecular flexibility index (Phi) is 5.23. The van der Waals surface area contributed by atoms with E-state index in [1.165, 1.54) is 33.4 Å². The minimum atomic E-state index is 0.475. The third-order valence-corrected chi connectivity index (χ3v) is 5.37. The Hall–Kier alpha value is -1.12. The molecule has 0 unspecified atom stereocenters. The van der Waals surface area contributed by atoms with Gasteiger partial charge in [-0.2, -0.15) is 0 Å². The number of rotatable bonds is 4. The minimum absolute atomic E-state index is 0.475. The molecule has 116 valence electrons. The van der Waals surface area contributed by atoms with Crippen molar-refractivity contribution in [2.24, 2.45) is 0 Å². The highest BCUT2D eigenvalue weighted by Crippen LogP contribution is 2.35. The lowest BCUT2D eigenvalue weighted by molar-refractivity contribution is 0.173. The molecule has 1 aromatic rings. The van der Waals surface area contributed by atoms with E-state index in [1.807, 2.05) is 0 Å². The first kappa shape index (κ1) is 16.3. The van der Waals surface area contributed by atoms with Crippen molar-refractivity contribution in [3.05, 3.63) is 46.0 Å². The fourth-order valence-electron chi connectivity index (χ4n) is 3.63. The van der Waals surface area contributed by atoms with Crippen molar-refractivity contribution in [3.8, 4) is 0 Å². The Balaban J connectivity index is 2.51. The van der Waals surface area contributed by atoms with E-state index in [4.69, 9.17) is 0 Å². The monoisotopic (exact) mass is 286 g/mol. The van der Waals surface area contributed by atoms with Crippen LogP contribution in [0, 0.1) is 34.6 Å². The summed E-state index contributed by atoms with van der Waals surface area (Å²) in [5, 5.41) is 3.46. The molecule has 0 spiro atoms. The highest BCUT2D eigenvalue weighted by atomic mass is 15.2. The van der Waals surface area contributed by atoms with E-state index in [2.05, 4.69) is 57.5 Å². The Morgan fingerprint density at radius 1 is 0.952 bits per heavy atom. The fourth-order valence-corrected chi connectivity index (χ4v) is 3.63. The molecule has 1 atom stereocenters. The van der Waals surface area contributed by atoms with E-state index in [1.54, 1.807) is 0 Å². The van der Waals surface area contributed by atoms with Gasteiger partial charge in [0.15, 0.2) is 0 Å². The Labute approximate surface area is 130 Å². The molecular formula is C19H30N2. The van der Waals surface area contributed by atoms with Crippen molar-refractivity contribution in [3.63, 3.8) is 0 Å². The quantitative estimate of drug-likeness (QED) is 0.848. The van der Waals surface area contributed by atoms with Gasteiger partial charge in [-0.25, -0.2) is 0 Å². The predicted octanol–water partition coefficient (Wildman–Crippen LogP) is 3.75. The molecular weight excluding hydrogens is 256 g/mol. The van der Waals surface area contributed by atoms with Gasteiger partial charge in [0.2, 0.25) is 0 Å². The summed E-state index contributed by atoms with van der Waals surface area (Å²) in [6, 6.07) is 0.475. The maximum Gasteiger partial charge on any atom is 0.0388 e. The molecule has 2 rings (SSSR count). The molecule has 2 nitrogen and oxygen atoms in total. The predicted molar refractivity (Wildman–Crippen MR) is 92.1 cm³/mol. The first-order chi connectivity index (χ1) is 9.99. The molecule has 0 amide bonds. The summed E-state index contributed by atoms with van der Waals surface area (Å²) in [6.45, 7) is 19.8. The molecule has 1 N–H and O–H groups in total. The SMILES string of the molecule is C=CC[C@@H](c1c(C)c(C)c(C)c(C)c1C)N1CCNCC1. The number of hydrogen-bond donors (Lipinski definition) is 1. The average Bonchev–Trinajstić information content (AvgIpc) is 2.51. The van der Waals surface area contributed by atoms with Gasteiger partial charge in [-0.15, -0.1) is 6.58 Å². The first-order valence-corrected chi connectivity index (χ1v) is 8.11. The lowest BCUT2D eigenvalue weighted by Crippen LogP contribution is -2.45. The molecule has 1 saturated heterocycles. The van der Waals surface area contributed by atoms with Gasteiger partial charge in [-0.3, -0.25) is 4.90 Å². The molecule has 0 aliphatic carbocycles. The Morgan fingerprint density at radius 2 is 1.43 bits per heavy atom. The second-order valence-electron chi connectivity index (χ2n) is 6.36. The summed E-state index contributed by atoms with van der Waals surface area (Å²) in [7, 11) is 0. The van der Waals surface area contributed by atoms with E-state index < -0.39 is 0 Å². The van der Waals surface area contributed by atoms with Gasteiger partial charge in [-0.05, 0) is 74.4 Å². The molecule has 1 aliphatic rings. The molecule has 1 aliphatic heterocycles. The summed E-state index contributed by atoms with van der Waals surface area (Å²) in [6.07, 6.45) is 3.11. The van der Waals surface area contributed by atoms with E-state index in [0.29, 0.717) is 6.04 Å². The van der Waals surface area contributed by atoms with E-state index in [9.17, 15) is 0 Å². The molecule has 1 heterocycles. The van der Waals surface area contributed by atoms with Crippen LogP contribution < -0.4 is 5.32 Å². The third-order valence-electron chi connectivity index (χ3n) is 5.37. The molecule has 21 heavy (non-hydrogen) atoms. The number of benzene rings is 1. The average molecular weight is 286 g/mol. The highest BCUT2D eigenvalue weighted by Gasteiger charge is 2.25. The summed E-state index contributed by atoms with van der Waals surface area (Å²) < 4.78 is 0. The van der Waals surface area contributed by atoms with Gasteiger partial charge in [0, 0.05) is 32.2 Å². The molecule has 1 fully saturated rings. The van der Waals surface area contributed by atoms with E-state index >= 15 is 0 Å². The zero-order valence-corrected chi connectivity index (χ0v) is 14.3. The van der Waals surface area contributed by atoms with Crippen LogP contribution in [0.5, 0.6) is 0 Å². The largest absolute Gasteiger partial charge is 0.314 e. The van der Waals surface area contributed by atoms with Crippen molar-refractivity contribution >= 4 is 0 Å². The van der Waals surface area contributed by atoms with Crippen molar-refractivity contribution in [2.75, 3.05) is 26.2 Å². The van der Waals surface area contributed by atoms with Gasteiger partial charge in [-0.1, -0.05) is 6.08 Å². The zero-order chi connectivity index (χ0) is 15.6. The van der Waals surface area contributed by atoms with Crippen LogP contribution in [0.4, 0.5) is 0 Å². The van der Waals surface area contributed by atoms with Gasteiger partial charge >= 0.3 is 0 Å². The van der Waals surface area contributed by atoms with Crippen LogP contribution in [-0.4, -0.2) is 31.1 Å². The topological polar surface area (TPSA) is 15.3 Å². The van der Waals surface area contributed by atoms with Crippen LogP contribution in [0.25, 0.3) is 0 Å². The maximum atomic E-state index is 4.00. The summed E-state index contributed by atoms with van der Waals surface area (Å²) in [5.41, 5.74) is 8.85. The lowest BCUT2D eigenvalue weighted by Gasteiger charge is -2.37. The molecule has 1 aromatic carbocycles. The van der Waals surface area contributed by atoms with Crippen molar-refractivity contribution in [1.82, 2.24) is 10.2 Å². The Bertz CT molecular complexity index is 496. The fraction of sp³-hybridized carbons (Fsp3) is 0.579. The van der Waals surface area contributed by atoms with E-state index in [-0.39, 0.29) is 0 Å². The Morgan fingerprint density at radius 3 is 1.90 bits per heavy atom. The number of nitrogens with one attached hydrogen (secondary N) is 1. The molecule has 2 heteroatoms. The number of nitrogens with zero attached hydrogens (tertiary/aromatic N) is 1. The molecule has 0 bridgehead atoms. The molecule has 0 radical (unpaired) electrons. The smallest absolute Gasteiger partial charge is 0.0388 e. The van der Waals surface area contributed by atoms with Gasteiger partial charge < -0.3 is 5.32 Å². The normalized spacial score (nSPS) is 17.8. The minimum Gasteiger partial charge on any atom is -0.314 e. The molecule has 0 aromatic heterocycles. The number of piperazine rings is 1. The van der Waals surface area contributed by atoms with Crippen LogP contribution in [0.2, 0.25) is 0 Å². The summed E-state index contributed by atoms with van der Waals surface area (Å²) >= 11 is 0. The van der Waals surface area contributed by atoms with Crippen LogP contribution in [0.1, 0.15) is 45.8 Å². The van der Waals surface area contributed by atoms with E-state index in [0.717, 1.165) is 32.6 Å². The van der Waals surface area contributed by atoms with Gasteiger partial charge in [0.05, 0.1) is 0 Å². The van der Waals surface area contributed by atoms with Crippen molar-refractivity contribution < 1.29 is 0 Å². The van der Waals surface area contributed by atoms with Crippen molar-refractivity contribution in [2.45, 2.75) is 47.1 Å². The van der Waals surface area contributed by atoms with Crippen LogP contribution in [0.15, 0.2) is 12.7 Å². The van der Waals surface area contributed by atoms with Gasteiger partial charge in [0.25, 0.3) is 0 Å². The van der Waals surface area contributed by atoms with Crippen molar-refractivity contribution in [1.29, 1.82) is 0 Å². The molecule has 0 saturated carbocycles. The van der Waals surface area contributed by atoms with Gasteiger partial charge in [0.1, 0.15) is 0 Å². The maximum absolute atomic E-state index is 4.00. The second kappa shape index (κ2) is 6.76.